The highest BCUT2D eigenvalue weighted by atomic mass is 127. The molecular formula is C17H31IN4O2S. The van der Waals surface area contributed by atoms with Crippen molar-refractivity contribution in [3.63, 3.8) is 0 Å². The van der Waals surface area contributed by atoms with Crippen LogP contribution in [0.2, 0.25) is 0 Å². The monoisotopic (exact) mass is 482 g/mol. The van der Waals surface area contributed by atoms with E-state index in [1.165, 1.54) is 4.88 Å². The molecule has 1 aromatic heterocycles. The van der Waals surface area contributed by atoms with Gasteiger partial charge in [-0.2, -0.15) is 0 Å². The molecule has 0 saturated carbocycles. The zero-order chi connectivity index (χ0) is 17.6. The lowest BCUT2D eigenvalue weighted by Gasteiger charge is -2.10. The molecule has 0 aliphatic rings. The quantitative estimate of drug-likeness (QED) is 0.166. The van der Waals surface area contributed by atoms with E-state index in [2.05, 4.69) is 34.5 Å². The Bertz CT molecular complexity index is 509. The number of carbonyl (C=O) groups is 1. The second-order valence-electron chi connectivity index (χ2n) is 5.46. The number of ether oxygens (including phenoxy) is 1. The van der Waals surface area contributed by atoms with Gasteiger partial charge in [-0.1, -0.05) is 12.8 Å². The Kier molecular flexibility index (Phi) is 14.8. The standard InChI is InChI=1S/C17H30N4O2S.HI/c1-4-18-17(21-13-15-20-12-14(3)24-15)19-11-9-7-6-8-10-16(22)23-5-2;/h12H,4-11,13H2,1-3H3,(H2,18,19,21);1H. The van der Waals surface area contributed by atoms with Crippen molar-refractivity contribution >= 4 is 47.2 Å². The van der Waals surface area contributed by atoms with Crippen LogP contribution in [0.25, 0.3) is 0 Å². The Labute approximate surface area is 172 Å². The van der Waals surface area contributed by atoms with E-state index in [1.807, 2.05) is 13.1 Å². The summed E-state index contributed by atoms with van der Waals surface area (Å²) in [4.78, 5) is 21.3. The highest BCUT2D eigenvalue weighted by molar-refractivity contribution is 14.0. The van der Waals surface area contributed by atoms with Crippen molar-refractivity contribution in [1.29, 1.82) is 0 Å². The van der Waals surface area contributed by atoms with Gasteiger partial charge in [-0.25, -0.2) is 9.98 Å². The maximum Gasteiger partial charge on any atom is 0.305 e. The van der Waals surface area contributed by atoms with Crippen molar-refractivity contribution < 1.29 is 9.53 Å². The third-order valence-electron chi connectivity index (χ3n) is 3.29. The first-order valence-electron chi connectivity index (χ1n) is 8.74. The molecule has 1 heterocycles. The molecule has 144 valence electrons. The number of aryl methyl sites for hydroxylation is 1. The van der Waals surface area contributed by atoms with Gasteiger partial charge < -0.3 is 15.4 Å². The van der Waals surface area contributed by atoms with Crippen molar-refractivity contribution in [2.24, 2.45) is 4.99 Å². The summed E-state index contributed by atoms with van der Waals surface area (Å²) in [7, 11) is 0. The fourth-order valence-corrected chi connectivity index (χ4v) is 2.86. The summed E-state index contributed by atoms with van der Waals surface area (Å²) in [5, 5.41) is 7.62. The lowest BCUT2D eigenvalue weighted by Crippen LogP contribution is -2.37. The third-order valence-corrected chi connectivity index (χ3v) is 4.19. The summed E-state index contributed by atoms with van der Waals surface area (Å²) in [6, 6.07) is 0. The number of thiazole rings is 1. The van der Waals surface area contributed by atoms with Gasteiger partial charge in [-0.05, 0) is 33.6 Å². The molecule has 0 radical (unpaired) electrons. The molecule has 0 fully saturated rings. The number of aromatic nitrogens is 1. The lowest BCUT2D eigenvalue weighted by atomic mass is 10.1. The first-order valence-corrected chi connectivity index (χ1v) is 9.56. The zero-order valence-corrected chi connectivity index (χ0v) is 18.6. The number of nitrogens with zero attached hydrogens (tertiary/aromatic N) is 2. The molecule has 0 atom stereocenters. The average Bonchev–Trinajstić information content (AvgIpc) is 2.97. The molecule has 6 nitrogen and oxygen atoms in total. The van der Waals surface area contributed by atoms with E-state index in [0.717, 1.165) is 49.7 Å². The van der Waals surface area contributed by atoms with E-state index >= 15 is 0 Å². The van der Waals surface area contributed by atoms with Gasteiger partial charge >= 0.3 is 5.97 Å². The third kappa shape index (κ3) is 12.1. The van der Waals surface area contributed by atoms with Gasteiger partial charge in [0.05, 0.1) is 13.2 Å². The minimum atomic E-state index is -0.0883. The van der Waals surface area contributed by atoms with E-state index in [4.69, 9.17) is 4.74 Å². The highest BCUT2D eigenvalue weighted by Crippen LogP contribution is 2.11. The van der Waals surface area contributed by atoms with Crippen LogP contribution in [0.5, 0.6) is 0 Å². The van der Waals surface area contributed by atoms with Crippen LogP contribution in [0.4, 0.5) is 0 Å². The SMILES string of the molecule is CCNC(=NCc1ncc(C)s1)NCCCCCCC(=O)OCC.I. The summed E-state index contributed by atoms with van der Waals surface area (Å²) < 4.78 is 4.91. The summed E-state index contributed by atoms with van der Waals surface area (Å²) in [6.07, 6.45) is 6.51. The van der Waals surface area contributed by atoms with E-state index in [9.17, 15) is 4.79 Å². The second-order valence-corrected chi connectivity index (χ2v) is 6.78. The molecular weight excluding hydrogens is 451 g/mol. The number of rotatable bonds is 11. The van der Waals surface area contributed by atoms with Crippen molar-refractivity contribution in [3.05, 3.63) is 16.1 Å². The number of hydrogen-bond acceptors (Lipinski definition) is 5. The average molecular weight is 482 g/mol. The molecule has 8 heteroatoms. The Hall–Kier alpha value is -0.900. The van der Waals surface area contributed by atoms with Gasteiger partial charge in [0.2, 0.25) is 0 Å². The molecule has 2 N–H and O–H groups in total. The highest BCUT2D eigenvalue weighted by Gasteiger charge is 2.02. The molecule has 25 heavy (non-hydrogen) atoms. The van der Waals surface area contributed by atoms with Gasteiger partial charge in [-0.15, -0.1) is 35.3 Å². The molecule has 0 spiro atoms. The zero-order valence-electron chi connectivity index (χ0n) is 15.5. The van der Waals surface area contributed by atoms with E-state index in [0.29, 0.717) is 19.6 Å². The van der Waals surface area contributed by atoms with Crippen LogP contribution in [0.1, 0.15) is 55.8 Å². The van der Waals surface area contributed by atoms with Crippen molar-refractivity contribution in [1.82, 2.24) is 15.6 Å². The predicted molar refractivity (Wildman–Crippen MR) is 115 cm³/mol. The molecule has 0 aliphatic carbocycles. The number of carbonyl (C=O) groups excluding carboxylic acids is 1. The summed E-state index contributed by atoms with van der Waals surface area (Å²) in [6.45, 7) is 8.73. The van der Waals surface area contributed by atoms with Crippen LogP contribution in [0.15, 0.2) is 11.2 Å². The summed E-state index contributed by atoms with van der Waals surface area (Å²) in [5.41, 5.74) is 0. The summed E-state index contributed by atoms with van der Waals surface area (Å²) >= 11 is 1.68. The number of unbranched alkanes of at least 4 members (excludes halogenated alkanes) is 3. The van der Waals surface area contributed by atoms with Crippen LogP contribution in [-0.2, 0) is 16.1 Å². The van der Waals surface area contributed by atoms with Crippen LogP contribution in [-0.4, -0.2) is 36.6 Å². The second kappa shape index (κ2) is 15.4. The number of halogens is 1. The van der Waals surface area contributed by atoms with Crippen LogP contribution in [0.3, 0.4) is 0 Å². The maximum atomic E-state index is 11.2. The first-order chi connectivity index (χ1) is 11.7. The number of guanidine groups is 1. The van der Waals surface area contributed by atoms with Crippen LogP contribution in [0, 0.1) is 6.92 Å². The Morgan fingerprint density at radius 2 is 2.00 bits per heavy atom. The fourth-order valence-electron chi connectivity index (χ4n) is 2.15. The molecule has 0 saturated heterocycles. The summed E-state index contributed by atoms with van der Waals surface area (Å²) in [5.74, 6) is 0.742. The minimum Gasteiger partial charge on any atom is -0.466 e. The van der Waals surface area contributed by atoms with Crippen LogP contribution >= 0.6 is 35.3 Å². The lowest BCUT2D eigenvalue weighted by molar-refractivity contribution is -0.143. The molecule has 1 rings (SSSR count). The topological polar surface area (TPSA) is 75.6 Å². The van der Waals surface area contributed by atoms with Gasteiger partial charge in [-0.3, -0.25) is 4.79 Å². The Morgan fingerprint density at radius 1 is 1.24 bits per heavy atom. The Morgan fingerprint density at radius 3 is 2.64 bits per heavy atom. The van der Waals surface area contributed by atoms with Gasteiger partial charge in [0.25, 0.3) is 0 Å². The van der Waals surface area contributed by atoms with E-state index in [1.54, 1.807) is 11.3 Å². The maximum absolute atomic E-state index is 11.2. The fraction of sp³-hybridized carbons (Fsp3) is 0.706. The molecule has 0 amide bonds. The number of aliphatic imine (C=N–C) groups is 1. The largest absolute Gasteiger partial charge is 0.466 e. The van der Waals surface area contributed by atoms with Crippen molar-refractivity contribution in [3.8, 4) is 0 Å². The number of hydrogen-bond donors (Lipinski definition) is 2. The van der Waals surface area contributed by atoms with Crippen LogP contribution < -0.4 is 10.6 Å². The van der Waals surface area contributed by atoms with E-state index < -0.39 is 0 Å². The minimum absolute atomic E-state index is 0. The Balaban J connectivity index is 0.00000576. The van der Waals surface area contributed by atoms with Crippen molar-refractivity contribution in [2.45, 2.75) is 59.4 Å². The molecule has 1 aromatic rings. The van der Waals surface area contributed by atoms with Gasteiger partial charge in [0, 0.05) is 30.6 Å². The predicted octanol–water partition coefficient (Wildman–Crippen LogP) is 3.64. The van der Waals surface area contributed by atoms with Gasteiger partial charge in [0.15, 0.2) is 5.96 Å². The van der Waals surface area contributed by atoms with E-state index in [-0.39, 0.29) is 29.9 Å². The smallest absolute Gasteiger partial charge is 0.305 e. The number of esters is 1. The normalized spacial score (nSPS) is 10.9. The molecule has 0 aromatic carbocycles. The molecule has 0 unspecified atom stereocenters. The molecule has 0 aliphatic heterocycles. The van der Waals surface area contributed by atoms with Crippen molar-refractivity contribution in [2.75, 3.05) is 19.7 Å². The first kappa shape index (κ1) is 24.1. The number of nitrogens with one attached hydrogen (secondary N) is 2. The molecule has 0 bridgehead atoms. The van der Waals surface area contributed by atoms with Gasteiger partial charge in [0.1, 0.15) is 5.01 Å².